The molecule has 6 heteroatoms. The largest absolute Gasteiger partial charge is 0.478 e. The van der Waals surface area contributed by atoms with E-state index in [2.05, 4.69) is 0 Å². The Labute approximate surface area is 89.4 Å². The second-order valence-corrected chi connectivity index (χ2v) is 2.94. The number of benzene rings is 1. The molecule has 0 aromatic heterocycles. The van der Waals surface area contributed by atoms with Crippen LogP contribution in [-0.2, 0) is 6.61 Å². The molecule has 1 rings (SSSR count). The van der Waals surface area contributed by atoms with Gasteiger partial charge < -0.3 is 10.2 Å². The van der Waals surface area contributed by atoms with Crippen LogP contribution < -0.4 is 0 Å². The van der Waals surface area contributed by atoms with Crippen LogP contribution >= 0.6 is 0 Å². The Kier molecular flexibility index (Phi) is 3.53. The maximum Gasteiger partial charge on any atom is 0.337 e. The molecule has 1 aromatic rings. The summed E-state index contributed by atoms with van der Waals surface area (Å²) in [5.41, 5.74) is -1.87. The predicted molar refractivity (Wildman–Crippen MR) is 49.0 cm³/mol. The zero-order valence-corrected chi connectivity index (χ0v) is 7.94. The minimum absolute atomic E-state index is 0.0616. The highest BCUT2D eigenvalue weighted by Gasteiger charge is 2.22. The van der Waals surface area contributed by atoms with Gasteiger partial charge in [-0.15, -0.1) is 0 Å². The van der Waals surface area contributed by atoms with E-state index in [0.717, 1.165) is 12.1 Å². The molecule has 0 spiro atoms. The average Bonchev–Trinajstić information content (AvgIpc) is 2.26. The van der Waals surface area contributed by atoms with Crippen LogP contribution in [0.5, 0.6) is 0 Å². The first-order valence-corrected chi connectivity index (χ1v) is 4.21. The summed E-state index contributed by atoms with van der Waals surface area (Å²) in [4.78, 5) is 10.8. The Morgan fingerprint density at radius 3 is 2.50 bits per heavy atom. The van der Waals surface area contributed by atoms with Crippen molar-refractivity contribution in [2.24, 2.45) is 0 Å². The van der Waals surface area contributed by atoms with Gasteiger partial charge in [-0.2, -0.15) is 5.26 Å². The van der Waals surface area contributed by atoms with E-state index in [1.165, 1.54) is 6.07 Å². The molecule has 0 aliphatic rings. The molecule has 84 valence electrons. The van der Waals surface area contributed by atoms with E-state index >= 15 is 0 Å². The van der Waals surface area contributed by atoms with Crippen molar-refractivity contribution in [1.29, 1.82) is 5.26 Å². The lowest BCUT2D eigenvalue weighted by Gasteiger charge is -2.09. The molecule has 0 fully saturated rings. The molecule has 0 amide bonds. The number of hydrogen-bond acceptors (Lipinski definition) is 3. The van der Waals surface area contributed by atoms with Crippen LogP contribution in [0.3, 0.4) is 0 Å². The molecule has 0 aliphatic carbocycles. The van der Waals surface area contributed by atoms with E-state index in [-0.39, 0.29) is 5.56 Å². The lowest BCUT2D eigenvalue weighted by atomic mass is 9.97. The number of carboxylic acids is 1. The highest BCUT2D eigenvalue weighted by Crippen LogP contribution is 2.27. The van der Waals surface area contributed by atoms with Crippen LogP contribution in [-0.4, -0.2) is 16.2 Å². The average molecular weight is 227 g/mol. The van der Waals surface area contributed by atoms with Gasteiger partial charge in [0.25, 0.3) is 6.43 Å². The van der Waals surface area contributed by atoms with Gasteiger partial charge in [-0.05, 0) is 5.56 Å². The van der Waals surface area contributed by atoms with E-state index in [0.29, 0.717) is 0 Å². The van der Waals surface area contributed by atoms with Gasteiger partial charge in [-0.1, -0.05) is 12.1 Å². The fourth-order valence-corrected chi connectivity index (χ4v) is 1.34. The SMILES string of the molecule is N#Cc1c(C(F)F)ccc(CO)c1C(=O)O. The Hall–Kier alpha value is -2.00. The third kappa shape index (κ3) is 1.99. The maximum absolute atomic E-state index is 12.5. The minimum atomic E-state index is -2.93. The number of carboxylic acid groups (broad SMARTS) is 1. The first-order valence-electron chi connectivity index (χ1n) is 4.21. The summed E-state index contributed by atoms with van der Waals surface area (Å²) in [5.74, 6) is -1.51. The Morgan fingerprint density at radius 2 is 2.12 bits per heavy atom. The van der Waals surface area contributed by atoms with E-state index < -0.39 is 35.7 Å². The summed E-state index contributed by atoms with van der Waals surface area (Å²) in [7, 11) is 0. The van der Waals surface area contributed by atoms with Gasteiger partial charge in [0.05, 0.1) is 17.7 Å². The Bertz CT molecular complexity index is 466. The van der Waals surface area contributed by atoms with Gasteiger partial charge in [0.15, 0.2) is 0 Å². The van der Waals surface area contributed by atoms with Crippen LogP contribution in [0.25, 0.3) is 0 Å². The van der Waals surface area contributed by atoms with Gasteiger partial charge in [0, 0.05) is 5.56 Å². The molecule has 0 unspecified atom stereocenters. The number of aliphatic hydroxyl groups is 1. The lowest BCUT2D eigenvalue weighted by molar-refractivity contribution is 0.0692. The van der Waals surface area contributed by atoms with Crippen molar-refractivity contribution >= 4 is 5.97 Å². The fraction of sp³-hybridized carbons (Fsp3) is 0.200. The van der Waals surface area contributed by atoms with Crippen LogP contribution in [0.4, 0.5) is 8.78 Å². The highest BCUT2D eigenvalue weighted by molar-refractivity contribution is 5.92. The van der Waals surface area contributed by atoms with Gasteiger partial charge in [0.2, 0.25) is 0 Å². The van der Waals surface area contributed by atoms with Crippen LogP contribution in [0, 0.1) is 11.3 Å². The quantitative estimate of drug-likeness (QED) is 0.823. The molecule has 0 atom stereocenters. The molecule has 16 heavy (non-hydrogen) atoms. The Balaban J connectivity index is 3.58. The number of nitrogens with zero attached hydrogens (tertiary/aromatic N) is 1. The standard InChI is InChI=1S/C10H7F2NO3/c11-9(12)6-2-1-5(4-14)8(10(15)16)7(6)3-13/h1-2,9,14H,4H2,(H,15,16). The second kappa shape index (κ2) is 4.68. The smallest absolute Gasteiger partial charge is 0.337 e. The zero-order chi connectivity index (χ0) is 12.3. The molecule has 0 saturated heterocycles. The minimum Gasteiger partial charge on any atom is -0.478 e. The monoisotopic (exact) mass is 227 g/mol. The third-order valence-electron chi connectivity index (χ3n) is 2.05. The zero-order valence-electron chi connectivity index (χ0n) is 7.94. The number of alkyl halides is 2. The number of aliphatic hydroxyl groups excluding tert-OH is 1. The van der Waals surface area contributed by atoms with Gasteiger partial charge in [0.1, 0.15) is 6.07 Å². The molecule has 0 bridgehead atoms. The van der Waals surface area contributed by atoms with Crippen molar-refractivity contribution in [3.63, 3.8) is 0 Å². The number of carbonyl (C=O) groups is 1. The van der Waals surface area contributed by atoms with Gasteiger partial charge in [-0.3, -0.25) is 0 Å². The Morgan fingerprint density at radius 1 is 1.50 bits per heavy atom. The van der Waals surface area contributed by atoms with Crippen molar-refractivity contribution in [2.45, 2.75) is 13.0 Å². The summed E-state index contributed by atoms with van der Waals surface area (Å²) in [6.45, 7) is -0.625. The number of aromatic carboxylic acids is 1. The van der Waals surface area contributed by atoms with Crippen LogP contribution in [0.1, 0.15) is 33.5 Å². The molecular weight excluding hydrogens is 220 g/mol. The topological polar surface area (TPSA) is 81.3 Å². The second-order valence-electron chi connectivity index (χ2n) is 2.94. The summed E-state index contributed by atoms with van der Waals surface area (Å²) < 4.78 is 25.0. The molecular formula is C10H7F2NO3. The number of hydrogen-bond donors (Lipinski definition) is 2. The number of halogens is 2. The maximum atomic E-state index is 12.5. The number of rotatable bonds is 3. The fourth-order valence-electron chi connectivity index (χ4n) is 1.34. The normalized spacial score (nSPS) is 10.2. The number of nitriles is 1. The summed E-state index contributed by atoms with van der Waals surface area (Å²) in [5, 5.41) is 26.4. The van der Waals surface area contributed by atoms with E-state index in [1.54, 1.807) is 0 Å². The van der Waals surface area contributed by atoms with Crippen molar-refractivity contribution in [2.75, 3.05) is 0 Å². The summed E-state index contributed by atoms with van der Waals surface area (Å²) in [6.07, 6.45) is -2.93. The molecule has 0 aliphatic heterocycles. The third-order valence-corrected chi connectivity index (χ3v) is 2.05. The first kappa shape index (κ1) is 12.1. The van der Waals surface area contributed by atoms with Crippen molar-refractivity contribution in [3.8, 4) is 6.07 Å². The molecule has 1 aromatic carbocycles. The van der Waals surface area contributed by atoms with Gasteiger partial charge >= 0.3 is 5.97 Å². The van der Waals surface area contributed by atoms with Crippen molar-refractivity contribution in [1.82, 2.24) is 0 Å². The van der Waals surface area contributed by atoms with E-state index in [4.69, 9.17) is 15.5 Å². The summed E-state index contributed by atoms with van der Waals surface area (Å²) >= 11 is 0. The summed E-state index contributed by atoms with van der Waals surface area (Å²) in [6, 6.07) is 3.45. The van der Waals surface area contributed by atoms with E-state index in [9.17, 15) is 13.6 Å². The predicted octanol–water partition coefficient (Wildman–Crippen LogP) is 1.69. The lowest BCUT2D eigenvalue weighted by Crippen LogP contribution is -2.08. The van der Waals surface area contributed by atoms with E-state index in [1.807, 2.05) is 0 Å². The van der Waals surface area contributed by atoms with Gasteiger partial charge in [-0.25, -0.2) is 13.6 Å². The van der Waals surface area contributed by atoms with Crippen molar-refractivity contribution in [3.05, 3.63) is 34.4 Å². The first-order chi connectivity index (χ1) is 7.52. The molecule has 4 nitrogen and oxygen atoms in total. The molecule has 2 N–H and O–H groups in total. The molecule has 0 saturated carbocycles. The van der Waals surface area contributed by atoms with Crippen LogP contribution in [0.15, 0.2) is 12.1 Å². The van der Waals surface area contributed by atoms with Crippen LogP contribution in [0.2, 0.25) is 0 Å². The molecule has 0 heterocycles. The van der Waals surface area contributed by atoms with Crippen molar-refractivity contribution < 1.29 is 23.8 Å². The molecule has 0 radical (unpaired) electrons. The highest BCUT2D eigenvalue weighted by atomic mass is 19.3.